The maximum atomic E-state index is 12.2. The molecule has 0 saturated carbocycles. The van der Waals surface area contributed by atoms with Crippen LogP contribution in [0.25, 0.3) is 0 Å². The Bertz CT molecular complexity index is 438. The highest BCUT2D eigenvalue weighted by Crippen LogP contribution is 2.23. The van der Waals surface area contributed by atoms with Gasteiger partial charge in [-0.3, -0.25) is 4.79 Å². The molecule has 0 heterocycles. The smallest absolute Gasteiger partial charge is 0.251 e. The molecule has 5 heteroatoms. The van der Waals surface area contributed by atoms with Gasteiger partial charge in [0, 0.05) is 23.5 Å². The van der Waals surface area contributed by atoms with Gasteiger partial charge in [-0.1, -0.05) is 29.8 Å². The van der Waals surface area contributed by atoms with Crippen LogP contribution in [-0.2, 0) is 0 Å². The fourth-order valence-electron chi connectivity index (χ4n) is 1.70. The van der Waals surface area contributed by atoms with E-state index in [1.807, 2.05) is 0 Å². The lowest BCUT2D eigenvalue weighted by Crippen LogP contribution is -2.34. The molecule has 0 aliphatic rings. The lowest BCUT2D eigenvalue weighted by Gasteiger charge is -2.24. The van der Waals surface area contributed by atoms with Crippen LogP contribution in [0.2, 0.25) is 0 Å². The highest BCUT2D eigenvalue weighted by molar-refractivity contribution is 9.09. The molecule has 4 nitrogen and oxygen atoms in total. The van der Waals surface area contributed by atoms with Crippen LogP contribution in [0.1, 0.15) is 30.6 Å². The van der Waals surface area contributed by atoms with E-state index in [4.69, 9.17) is 9.47 Å². The summed E-state index contributed by atoms with van der Waals surface area (Å²) in [5.74, 6) is 1.09. The predicted octanol–water partition coefficient (Wildman–Crippen LogP) is 3.24. The zero-order chi connectivity index (χ0) is 15.2. The molecule has 0 bridgehead atoms. The van der Waals surface area contributed by atoms with Crippen LogP contribution in [-0.4, -0.2) is 32.0 Å². The summed E-state index contributed by atoms with van der Waals surface area (Å²) in [5, 5.41) is 3.88. The molecule has 0 radical (unpaired) electrons. The van der Waals surface area contributed by atoms with Crippen LogP contribution >= 0.6 is 15.9 Å². The van der Waals surface area contributed by atoms with Crippen molar-refractivity contribution in [2.75, 3.05) is 26.1 Å². The van der Waals surface area contributed by atoms with E-state index >= 15 is 0 Å². The maximum absolute atomic E-state index is 12.2. The summed E-state index contributed by atoms with van der Waals surface area (Å²) in [4.78, 5) is 12.2. The van der Waals surface area contributed by atoms with E-state index in [0.717, 1.165) is 11.8 Å². The summed E-state index contributed by atoms with van der Waals surface area (Å²) >= 11 is 3.43. The fraction of sp³-hybridized carbons (Fsp3) is 0.533. The van der Waals surface area contributed by atoms with Crippen molar-refractivity contribution in [2.24, 2.45) is 5.41 Å². The third kappa shape index (κ3) is 5.04. The number of nitrogens with one attached hydrogen (secondary N) is 1. The van der Waals surface area contributed by atoms with Crippen molar-refractivity contribution in [2.45, 2.75) is 20.3 Å². The third-order valence-electron chi connectivity index (χ3n) is 3.11. The van der Waals surface area contributed by atoms with Crippen molar-refractivity contribution in [1.29, 1.82) is 0 Å². The minimum absolute atomic E-state index is 0.0577. The zero-order valence-electron chi connectivity index (χ0n) is 12.5. The van der Waals surface area contributed by atoms with Gasteiger partial charge in [-0.25, -0.2) is 0 Å². The zero-order valence-corrected chi connectivity index (χ0v) is 14.0. The van der Waals surface area contributed by atoms with E-state index in [-0.39, 0.29) is 11.3 Å². The first-order valence-electron chi connectivity index (χ1n) is 6.49. The average molecular weight is 344 g/mol. The van der Waals surface area contributed by atoms with Crippen molar-refractivity contribution in [3.05, 3.63) is 23.8 Å². The van der Waals surface area contributed by atoms with Crippen LogP contribution in [0.4, 0.5) is 0 Å². The molecule has 0 atom stereocenters. The van der Waals surface area contributed by atoms with Gasteiger partial charge in [0.15, 0.2) is 0 Å². The number of hydrogen-bond donors (Lipinski definition) is 1. The van der Waals surface area contributed by atoms with E-state index in [1.54, 1.807) is 32.4 Å². The van der Waals surface area contributed by atoms with Gasteiger partial charge < -0.3 is 14.8 Å². The van der Waals surface area contributed by atoms with Gasteiger partial charge in [0.05, 0.1) is 14.2 Å². The minimum atomic E-state index is -0.121. The molecule has 0 spiro atoms. The summed E-state index contributed by atoms with van der Waals surface area (Å²) < 4.78 is 10.3. The van der Waals surface area contributed by atoms with Gasteiger partial charge >= 0.3 is 0 Å². The molecule has 1 N–H and O–H groups in total. The predicted molar refractivity (Wildman–Crippen MR) is 84.1 cm³/mol. The normalized spacial score (nSPS) is 11.1. The van der Waals surface area contributed by atoms with E-state index in [0.29, 0.717) is 23.6 Å². The first kappa shape index (κ1) is 16.8. The summed E-state index contributed by atoms with van der Waals surface area (Å²) in [6, 6.07) is 5.15. The first-order chi connectivity index (χ1) is 9.41. The van der Waals surface area contributed by atoms with Gasteiger partial charge in [0.2, 0.25) is 0 Å². The Morgan fingerprint density at radius 1 is 1.20 bits per heavy atom. The first-order valence-corrected chi connectivity index (χ1v) is 7.61. The molecular weight excluding hydrogens is 322 g/mol. The fourth-order valence-corrected chi connectivity index (χ4v) is 2.78. The molecule has 0 aromatic heterocycles. The number of carbonyl (C=O) groups excluding carboxylic acids is 1. The van der Waals surface area contributed by atoms with Gasteiger partial charge in [0.25, 0.3) is 5.91 Å². The van der Waals surface area contributed by atoms with Crippen molar-refractivity contribution in [3.63, 3.8) is 0 Å². The Hall–Kier alpha value is -1.23. The lowest BCUT2D eigenvalue weighted by molar-refractivity contribution is 0.0935. The van der Waals surface area contributed by atoms with Crippen molar-refractivity contribution in [3.8, 4) is 11.5 Å². The molecular formula is C15H22BrNO3. The van der Waals surface area contributed by atoms with E-state index in [1.165, 1.54) is 0 Å². The number of carbonyl (C=O) groups is 1. The summed E-state index contributed by atoms with van der Waals surface area (Å²) in [5.41, 5.74) is 0.595. The summed E-state index contributed by atoms with van der Waals surface area (Å²) in [6.45, 7) is 4.87. The van der Waals surface area contributed by atoms with Gasteiger partial charge in [-0.2, -0.15) is 0 Å². The second kappa shape index (κ2) is 7.53. The van der Waals surface area contributed by atoms with Gasteiger partial charge in [-0.15, -0.1) is 0 Å². The highest BCUT2D eigenvalue weighted by Gasteiger charge is 2.19. The van der Waals surface area contributed by atoms with E-state index < -0.39 is 0 Å². The number of ether oxygens (including phenoxy) is 2. The number of benzene rings is 1. The second-order valence-corrected chi connectivity index (χ2v) is 6.18. The van der Waals surface area contributed by atoms with Gasteiger partial charge in [-0.05, 0) is 24.0 Å². The molecule has 1 rings (SSSR count). The monoisotopic (exact) mass is 343 g/mol. The molecule has 1 amide bonds. The molecule has 0 aliphatic carbocycles. The summed E-state index contributed by atoms with van der Waals surface area (Å²) in [6.07, 6.45) is 0.995. The molecule has 0 aliphatic heterocycles. The molecule has 20 heavy (non-hydrogen) atoms. The second-order valence-electron chi connectivity index (χ2n) is 5.39. The van der Waals surface area contributed by atoms with Crippen LogP contribution < -0.4 is 14.8 Å². The van der Waals surface area contributed by atoms with E-state index in [9.17, 15) is 4.79 Å². The highest BCUT2D eigenvalue weighted by atomic mass is 79.9. The molecule has 0 fully saturated rings. The Morgan fingerprint density at radius 2 is 1.75 bits per heavy atom. The maximum Gasteiger partial charge on any atom is 0.251 e. The number of amides is 1. The van der Waals surface area contributed by atoms with Crippen LogP contribution in [0.3, 0.4) is 0 Å². The quantitative estimate of drug-likeness (QED) is 0.773. The van der Waals surface area contributed by atoms with Crippen molar-refractivity contribution >= 4 is 21.8 Å². The lowest BCUT2D eigenvalue weighted by atomic mass is 9.90. The Labute approximate surface area is 129 Å². The largest absolute Gasteiger partial charge is 0.497 e. The molecule has 1 aromatic carbocycles. The van der Waals surface area contributed by atoms with Crippen LogP contribution in [0.5, 0.6) is 11.5 Å². The topological polar surface area (TPSA) is 47.6 Å². The Morgan fingerprint density at radius 3 is 2.20 bits per heavy atom. The van der Waals surface area contributed by atoms with E-state index in [2.05, 4.69) is 35.1 Å². The number of rotatable bonds is 7. The molecule has 0 saturated heterocycles. The molecule has 0 unspecified atom stereocenters. The summed E-state index contributed by atoms with van der Waals surface area (Å²) in [7, 11) is 3.13. The Kier molecular flexibility index (Phi) is 6.33. The molecule has 1 aromatic rings. The van der Waals surface area contributed by atoms with Crippen molar-refractivity contribution in [1.82, 2.24) is 5.32 Å². The third-order valence-corrected chi connectivity index (χ3v) is 3.51. The minimum Gasteiger partial charge on any atom is -0.497 e. The Balaban J connectivity index is 2.77. The van der Waals surface area contributed by atoms with Gasteiger partial charge in [0.1, 0.15) is 11.5 Å². The number of alkyl halides is 1. The number of methoxy groups -OCH3 is 2. The van der Waals surface area contributed by atoms with Crippen molar-refractivity contribution < 1.29 is 14.3 Å². The SMILES string of the molecule is COc1cc(OC)cc(C(=O)NCC(C)(C)CCBr)c1. The standard InChI is InChI=1S/C15H22BrNO3/c1-15(2,5-6-16)10-17-14(18)11-7-12(19-3)9-13(8-11)20-4/h7-9H,5-6,10H2,1-4H3,(H,17,18). The number of hydrogen-bond acceptors (Lipinski definition) is 3. The van der Waals surface area contributed by atoms with Crippen LogP contribution in [0, 0.1) is 5.41 Å². The van der Waals surface area contributed by atoms with Crippen LogP contribution in [0.15, 0.2) is 18.2 Å². The average Bonchev–Trinajstić information content (AvgIpc) is 2.44. The molecule has 112 valence electrons. The number of halogens is 1.